The molecular formula is C73H51N3S. The molecule has 4 heterocycles. The normalized spacial score (nSPS) is 15.7. The van der Waals surface area contributed by atoms with Crippen molar-refractivity contribution in [1.82, 2.24) is 4.57 Å². The van der Waals surface area contributed by atoms with Crippen LogP contribution in [0.25, 0.3) is 90.1 Å². The Kier molecular flexibility index (Phi) is 10.1. The van der Waals surface area contributed by atoms with Gasteiger partial charge in [0.25, 0.3) is 0 Å². The van der Waals surface area contributed by atoms with Gasteiger partial charge in [-0.25, -0.2) is 0 Å². The number of fused-ring (bicyclic) bond motifs is 18. The summed E-state index contributed by atoms with van der Waals surface area (Å²) in [7, 11) is 0. The van der Waals surface area contributed by atoms with Crippen molar-refractivity contribution in [2.45, 2.75) is 19.3 Å². The van der Waals surface area contributed by atoms with Crippen LogP contribution in [0.2, 0.25) is 0 Å². The standard InChI is InChI=1S/C73H51N3S/c1-5-23-54-55-42-43-68-59(72(55)77-69(54)7-3)40-38-47-24-11-19-34-64(47)76(68)49-39-41-53-50(6-2)62(73(63(53)45-49)60-32-17-12-27-51(60)52-28-13-18-33-61(52)73)44-46(4)74-65-35-20-14-29-56(65)70-57-30-15-21-36-66(57)75(48-25-9-8-10-26-48)67-37-22-16-31-58(67)71(70)74/h5-45H,1,4H2,2-3H3/b50-6-,54-23-,62-44+,69-7+. The van der Waals surface area contributed by atoms with Gasteiger partial charge in [-0.15, -0.1) is 11.3 Å². The van der Waals surface area contributed by atoms with Gasteiger partial charge in [0.05, 0.1) is 39.4 Å². The molecule has 77 heavy (non-hydrogen) atoms. The average molecular weight is 1000 g/mol. The van der Waals surface area contributed by atoms with E-state index in [1.54, 1.807) is 0 Å². The van der Waals surface area contributed by atoms with Crippen molar-refractivity contribution in [1.29, 1.82) is 0 Å². The number of para-hydroxylation sites is 5. The Hall–Kier alpha value is -9.48. The molecule has 0 saturated carbocycles. The second kappa shape index (κ2) is 17.3. The fourth-order valence-electron chi connectivity index (χ4n) is 13.5. The summed E-state index contributed by atoms with van der Waals surface area (Å²) >= 11 is 1.85. The third kappa shape index (κ3) is 6.25. The monoisotopic (exact) mass is 1000 g/mol. The van der Waals surface area contributed by atoms with Crippen LogP contribution >= 0.6 is 11.3 Å². The predicted molar refractivity (Wildman–Crippen MR) is 329 cm³/mol. The molecule has 15 rings (SSSR count). The SMILES string of the molecule is C=C/C=c1\c(=C/C)sc2c3c(ccc12)N(c1ccc2c(c1)C1(C(=C/C(=C)n4c5c(c6ccccc64)-c4ccccc4N(c4ccccc4)c4ccccc4-5)/C2=C\C)c2ccccc2-c2ccccc21)c1ccccc1C=C3. The van der Waals surface area contributed by atoms with E-state index in [4.69, 9.17) is 6.58 Å². The molecule has 2 aliphatic heterocycles. The Morgan fingerprint density at radius 1 is 0.519 bits per heavy atom. The zero-order valence-electron chi connectivity index (χ0n) is 42.8. The molecule has 0 bridgehead atoms. The molecule has 11 aromatic rings. The Labute approximate surface area is 452 Å². The molecular weight excluding hydrogens is 951 g/mol. The van der Waals surface area contributed by atoms with Crippen LogP contribution in [0.3, 0.4) is 0 Å². The van der Waals surface area contributed by atoms with E-state index in [1.807, 2.05) is 17.4 Å². The van der Waals surface area contributed by atoms with Gasteiger partial charge in [-0.2, -0.15) is 0 Å². The van der Waals surface area contributed by atoms with Gasteiger partial charge in [-0.3, -0.25) is 0 Å². The smallest absolute Gasteiger partial charge is 0.0726 e. The molecule has 364 valence electrons. The number of anilines is 6. The maximum absolute atomic E-state index is 5.18. The predicted octanol–water partition coefficient (Wildman–Crippen LogP) is 18.5. The summed E-state index contributed by atoms with van der Waals surface area (Å²) in [6.07, 6.45) is 15.7. The molecule has 2 aromatic heterocycles. The lowest BCUT2D eigenvalue weighted by Crippen LogP contribution is -2.26. The summed E-state index contributed by atoms with van der Waals surface area (Å²) in [6.45, 7) is 13.6. The highest BCUT2D eigenvalue weighted by atomic mass is 32.1. The van der Waals surface area contributed by atoms with Crippen LogP contribution < -0.4 is 19.6 Å². The van der Waals surface area contributed by atoms with Crippen LogP contribution in [0.5, 0.6) is 0 Å². The van der Waals surface area contributed by atoms with Crippen LogP contribution in [0.15, 0.2) is 243 Å². The summed E-state index contributed by atoms with van der Waals surface area (Å²) in [6, 6.07) is 76.4. The van der Waals surface area contributed by atoms with Gasteiger partial charge in [0.15, 0.2) is 0 Å². The summed E-state index contributed by atoms with van der Waals surface area (Å²) in [5, 5.41) is 3.64. The quantitative estimate of drug-likeness (QED) is 0.170. The summed E-state index contributed by atoms with van der Waals surface area (Å²) in [4.78, 5) is 4.93. The lowest BCUT2D eigenvalue weighted by molar-refractivity contribution is 0.794. The van der Waals surface area contributed by atoms with E-state index in [0.717, 1.165) is 56.6 Å². The van der Waals surface area contributed by atoms with E-state index >= 15 is 0 Å². The minimum Gasteiger partial charge on any atom is -0.309 e. The molecule has 0 N–H and O–H groups in total. The molecule has 4 heteroatoms. The minimum atomic E-state index is -0.691. The van der Waals surface area contributed by atoms with E-state index in [0.29, 0.717) is 0 Å². The summed E-state index contributed by atoms with van der Waals surface area (Å²) in [5.74, 6) is 0. The van der Waals surface area contributed by atoms with Gasteiger partial charge in [0.1, 0.15) is 0 Å². The second-order valence-corrected chi connectivity index (χ2v) is 21.3. The lowest BCUT2D eigenvalue weighted by Gasteiger charge is -2.33. The third-order valence-corrected chi connectivity index (χ3v) is 17.8. The van der Waals surface area contributed by atoms with Crippen LogP contribution in [0, 0.1) is 0 Å². The zero-order valence-corrected chi connectivity index (χ0v) is 43.7. The number of hydrogen-bond acceptors (Lipinski definition) is 3. The Morgan fingerprint density at radius 2 is 1.16 bits per heavy atom. The highest BCUT2D eigenvalue weighted by molar-refractivity contribution is 7.17. The first-order valence-electron chi connectivity index (χ1n) is 26.5. The van der Waals surface area contributed by atoms with Crippen molar-refractivity contribution in [3.8, 4) is 33.5 Å². The molecule has 4 aliphatic rings. The molecule has 1 spiro atoms. The molecule has 0 atom stereocenters. The van der Waals surface area contributed by atoms with Gasteiger partial charge in [-0.1, -0.05) is 201 Å². The number of benzene rings is 9. The minimum absolute atomic E-state index is 0.691. The van der Waals surface area contributed by atoms with E-state index < -0.39 is 5.41 Å². The molecule has 9 aromatic carbocycles. The second-order valence-electron chi connectivity index (χ2n) is 20.3. The zero-order chi connectivity index (χ0) is 51.5. The summed E-state index contributed by atoms with van der Waals surface area (Å²) < 4.78 is 4.97. The first-order valence-corrected chi connectivity index (χ1v) is 27.4. The first kappa shape index (κ1) is 45.0. The number of rotatable bonds is 5. The van der Waals surface area contributed by atoms with Crippen molar-refractivity contribution in [2.24, 2.45) is 0 Å². The maximum Gasteiger partial charge on any atom is 0.0726 e. The first-order chi connectivity index (χ1) is 38.0. The average Bonchev–Trinajstić information content (AvgIpc) is 4.19. The van der Waals surface area contributed by atoms with Crippen molar-refractivity contribution in [3.05, 3.63) is 286 Å². The van der Waals surface area contributed by atoms with Gasteiger partial charge in [-0.05, 0) is 130 Å². The molecule has 3 nitrogen and oxygen atoms in total. The number of nitrogens with zero attached hydrogens (tertiary/aromatic N) is 3. The van der Waals surface area contributed by atoms with Crippen LogP contribution in [-0.4, -0.2) is 4.57 Å². The molecule has 0 unspecified atom stereocenters. The van der Waals surface area contributed by atoms with Crippen LogP contribution in [0.4, 0.5) is 34.1 Å². The molecule has 0 amide bonds. The van der Waals surface area contributed by atoms with Crippen molar-refractivity contribution >= 4 is 102 Å². The van der Waals surface area contributed by atoms with Crippen LogP contribution in [0.1, 0.15) is 47.2 Å². The van der Waals surface area contributed by atoms with Crippen LogP contribution in [-0.2, 0) is 5.41 Å². The lowest BCUT2D eigenvalue weighted by atomic mass is 9.70. The molecule has 0 saturated heterocycles. The number of allylic oxidation sites excluding steroid dienone is 6. The topological polar surface area (TPSA) is 11.4 Å². The van der Waals surface area contributed by atoms with Gasteiger partial charge < -0.3 is 14.4 Å². The van der Waals surface area contributed by atoms with Crippen molar-refractivity contribution < 1.29 is 0 Å². The maximum atomic E-state index is 5.18. The Balaban J connectivity index is 0.999. The van der Waals surface area contributed by atoms with Gasteiger partial charge >= 0.3 is 0 Å². The molecule has 0 radical (unpaired) electrons. The number of thiophene rings is 1. The van der Waals surface area contributed by atoms with Gasteiger partial charge in [0.2, 0.25) is 0 Å². The fourth-order valence-corrected chi connectivity index (χ4v) is 14.7. The third-order valence-electron chi connectivity index (χ3n) is 16.5. The number of hydrogen-bond donors (Lipinski definition) is 0. The Bertz CT molecular complexity index is 4550. The molecule has 0 fully saturated rings. The van der Waals surface area contributed by atoms with E-state index in [9.17, 15) is 0 Å². The highest BCUT2D eigenvalue weighted by Gasteiger charge is 2.53. The summed E-state index contributed by atoms with van der Waals surface area (Å²) in [5.41, 5.74) is 25.0. The van der Waals surface area contributed by atoms with E-state index in [2.05, 4.69) is 278 Å². The van der Waals surface area contributed by atoms with Gasteiger partial charge in [0, 0.05) is 59.3 Å². The van der Waals surface area contributed by atoms with Crippen molar-refractivity contribution in [2.75, 3.05) is 9.80 Å². The van der Waals surface area contributed by atoms with E-state index in [1.165, 1.54) is 92.0 Å². The number of aromatic nitrogens is 1. The highest BCUT2D eigenvalue weighted by Crippen LogP contribution is 2.65. The van der Waals surface area contributed by atoms with E-state index in [-0.39, 0.29) is 0 Å². The largest absolute Gasteiger partial charge is 0.309 e. The molecule has 2 aliphatic carbocycles. The Morgan fingerprint density at radius 3 is 1.90 bits per heavy atom. The fraction of sp³-hybridized carbons (Fsp3) is 0.0411. The van der Waals surface area contributed by atoms with Crippen molar-refractivity contribution in [3.63, 3.8) is 0 Å².